The quantitative estimate of drug-likeness (QED) is 0.879. The molecule has 0 aromatic carbocycles. The second-order valence-corrected chi connectivity index (χ2v) is 7.16. The fourth-order valence-electron chi connectivity index (χ4n) is 4.26. The number of aromatic nitrogens is 3. The van der Waals surface area contributed by atoms with Gasteiger partial charge in [-0.2, -0.15) is 4.98 Å². The molecule has 2 aliphatic carbocycles. The molecule has 2 bridgehead atoms. The minimum atomic E-state index is 0.0534. The van der Waals surface area contributed by atoms with E-state index in [2.05, 4.69) is 20.4 Å². The Bertz CT molecular complexity index is 718. The van der Waals surface area contributed by atoms with Crippen molar-refractivity contribution in [2.75, 3.05) is 0 Å². The fraction of sp³-hybridized carbons (Fsp3) is 0.556. The highest BCUT2D eigenvalue weighted by molar-refractivity contribution is 5.78. The molecule has 7 heteroatoms. The van der Waals surface area contributed by atoms with E-state index in [9.17, 15) is 4.79 Å². The lowest BCUT2D eigenvalue weighted by molar-refractivity contribution is -0.128. The Morgan fingerprint density at radius 2 is 1.96 bits per heavy atom. The maximum Gasteiger partial charge on any atom is 0.246 e. The highest BCUT2D eigenvalue weighted by atomic mass is 16.5. The van der Waals surface area contributed by atoms with Gasteiger partial charge in [0, 0.05) is 29.9 Å². The Labute approximate surface area is 146 Å². The number of amides is 1. The lowest BCUT2D eigenvalue weighted by Crippen LogP contribution is -2.49. The summed E-state index contributed by atoms with van der Waals surface area (Å²) in [6.45, 7) is 0.259. The standard InChI is InChI=1S/C18H23N5O2/c19-16-12-2-1-3-13(16)9-14(8-12)18(24)21-10-15-22-17(23-25-15)11-4-6-20-7-5-11/h4-7,12-14,16H,1-3,8-10,19H2,(H,21,24). The number of nitrogens with zero attached hydrogens (tertiary/aromatic N) is 3. The minimum Gasteiger partial charge on any atom is -0.347 e. The molecule has 2 aromatic rings. The molecule has 4 rings (SSSR count). The molecule has 0 saturated heterocycles. The highest BCUT2D eigenvalue weighted by Crippen LogP contribution is 2.41. The van der Waals surface area contributed by atoms with Gasteiger partial charge in [-0.15, -0.1) is 0 Å². The molecule has 2 fully saturated rings. The van der Waals surface area contributed by atoms with Gasteiger partial charge in [0.15, 0.2) is 0 Å². The van der Waals surface area contributed by atoms with Crippen molar-refractivity contribution < 1.29 is 9.32 Å². The lowest BCUT2D eigenvalue weighted by Gasteiger charge is -2.43. The molecule has 1 amide bonds. The summed E-state index contributed by atoms with van der Waals surface area (Å²) in [5, 5.41) is 6.90. The second kappa shape index (κ2) is 6.92. The van der Waals surface area contributed by atoms with Gasteiger partial charge in [0.25, 0.3) is 0 Å². The van der Waals surface area contributed by atoms with E-state index in [-0.39, 0.29) is 24.4 Å². The van der Waals surface area contributed by atoms with Crippen LogP contribution in [0.1, 0.15) is 38.0 Å². The molecule has 2 saturated carbocycles. The number of rotatable bonds is 4. The van der Waals surface area contributed by atoms with Crippen molar-refractivity contribution in [1.82, 2.24) is 20.4 Å². The molecular formula is C18H23N5O2. The number of hydrogen-bond acceptors (Lipinski definition) is 6. The van der Waals surface area contributed by atoms with Crippen molar-refractivity contribution in [2.24, 2.45) is 23.5 Å². The van der Waals surface area contributed by atoms with Crippen molar-refractivity contribution in [2.45, 2.75) is 44.7 Å². The molecular weight excluding hydrogens is 318 g/mol. The Kier molecular flexibility index (Phi) is 4.48. The maximum atomic E-state index is 12.5. The Morgan fingerprint density at radius 3 is 2.68 bits per heavy atom. The van der Waals surface area contributed by atoms with Gasteiger partial charge in [0.05, 0.1) is 6.54 Å². The summed E-state index contributed by atoms with van der Waals surface area (Å²) in [4.78, 5) is 20.8. The first-order valence-corrected chi connectivity index (χ1v) is 8.97. The number of carbonyl (C=O) groups is 1. The zero-order valence-electron chi connectivity index (χ0n) is 14.1. The predicted octanol–water partition coefficient (Wildman–Crippen LogP) is 1.90. The predicted molar refractivity (Wildman–Crippen MR) is 90.9 cm³/mol. The summed E-state index contributed by atoms with van der Waals surface area (Å²) in [5.74, 6) is 2.03. The van der Waals surface area contributed by atoms with Crippen LogP contribution < -0.4 is 11.1 Å². The first-order chi connectivity index (χ1) is 12.2. The Morgan fingerprint density at radius 1 is 1.24 bits per heavy atom. The summed E-state index contributed by atoms with van der Waals surface area (Å²) in [7, 11) is 0. The summed E-state index contributed by atoms with van der Waals surface area (Å²) >= 11 is 0. The SMILES string of the molecule is NC1C2CCCC1CC(C(=O)NCc1nc(-c3ccncc3)no1)C2. The molecule has 7 nitrogen and oxygen atoms in total. The van der Waals surface area contributed by atoms with Crippen LogP contribution in [-0.4, -0.2) is 27.1 Å². The highest BCUT2D eigenvalue weighted by Gasteiger charge is 2.40. The fourth-order valence-corrected chi connectivity index (χ4v) is 4.26. The molecule has 25 heavy (non-hydrogen) atoms. The average molecular weight is 341 g/mol. The van der Waals surface area contributed by atoms with Crippen LogP contribution in [-0.2, 0) is 11.3 Å². The Balaban J connectivity index is 1.34. The van der Waals surface area contributed by atoms with Gasteiger partial charge in [-0.1, -0.05) is 11.6 Å². The van der Waals surface area contributed by atoms with Crippen LogP contribution in [0.4, 0.5) is 0 Å². The molecule has 2 unspecified atom stereocenters. The average Bonchev–Trinajstić information content (AvgIpc) is 3.09. The van der Waals surface area contributed by atoms with Crippen LogP contribution in [0.15, 0.2) is 29.0 Å². The third-order valence-electron chi connectivity index (χ3n) is 5.60. The van der Waals surface area contributed by atoms with Crippen molar-refractivity contribution >= 4 is 5.91 Å². The van der Waals surface area contributed by atoms with Gasteiger partial charge >= 0.3 is 0 Å². The first kappa shape index (κ1) is 16.2. The van der Waals surface area contributed by atoms with E-state index in [1.54, 1.807) is 12.4 Å². The van der Waals surface area contributed by atoms with E-state index in [1.165, 1.54) is 6.42 Å². The first-order valence-electron chi connectivity index (χ1n) is 8.97. The zero-order chi connectivity index (χ0) is 17.2. The molecule has 2 atom stereocenters. The van der Waals surface area contributed by atoms with Gasteiger partial charge in [-0.3, -0.25) is 9.78 Å². The van der Waals surface area contributed by atoms with E-state index in [1.807, 2.05) is 12.1 Å². The van der Waals surface area contributed by atoms with Gasteiger partial charge in [0.2, 0.25) is 17.6 Å². The van der Waals surface area contributed by atoms with Gasteiger partial charge in [-0.05, 0) is 49.7 Å². The summed E-state index contributed by atoms with van der Waals surface area (Å²) in [6.07, 6.45) is 8.71. The minimum absolute atomic E-state index is 0.0534. The number of fused-ring (bicyclic) bond motifs is 2. The zero-order valence-corrected chi connectivity index (χ0v) is 14.1. The van der Waals surface area contributed by atoms with Gasteiger partial charge < -0.3 is 15.6 Å². The van der Waals surface area contributed by atoms with Crippen molar-refractivity contribution in [3.63, 3.8) is 0 Å². The maximum absolute atomic E-state index is 12.5. The van der Waals surface area contributed by atoms with Crippen LogP contribution in [0.3, 0.4) is 0 Å². The third-order valence-corrected chi connectivity index (χ3v) is 5.60. The Hall–Kier alpha value is -2.28. The number of nitrogens with two attached hydrogens (primary N) is 1. The van der Waals surface area contributed by atoms with E-state index in [4.69, 9.17) is 10.3 Å². The molecule has 2 aliphatic rings. The van der Waals surface area contributed by atoms with Crippen molar-refractivity contribution in [1.29, 1.82) is 0 Å². The molecule has 0 radical (unpaired) electrons. The lowest BCUT2D eigenvalue weighted by atomic mass is 9.65. The molecule has 132 valence electrons. The molecule has 0 spiro atoms. The third kappa shape index (κ3) is 3.42. The molecule has 2 heterocycles. The summed E-state index contributed by atoms with van der Waals surface area (Å²) < 4.78 is 5.23. The monoisotopic (exact) mass is 341 g/mol. The smallest absolute Gasteiger partial charge is 0.246 e. The van der Waals surface area contributed by atoms with E-state index in [0.29, 0.717) is 23.6 Å². The number of pyridine rings is 1. The number of nitrogens with one attached hydrogen (secondary N) is 1. The normalized spacial score (nSPS) is 28.5. The number of carbonyl (C=O) groups excluding carboxylic acids is 1. The van der Waals surface area contributed by atoms with E-state index >= 15 is 0 Å². The van der Waals surface area contributed by atoms with Crippen LogP contribution in [0.2, 0.25) is 0 Å². The summed E-state index contributed by atoms with van der Waals surface area (Å²) in [5.41, 5.74) is 7.14. The van der Waals surface area contributed by atoms with Crippen molar-refractivity contribution in [3.8, 4) is 11.4 Å². The van der Waals surface area contributed by atoms with Crippen molar-refractivity contribution in [3.05, 3.63) is 30.4 Å². The van der Waals surface area contributed by atoms with Gasteiger partial charge in [-0.25, -0.2) is 0 Å². The molecule has 2 aromatic heterocycles. The topological polar surface area (TPSA) is 107 Å². The van der Waals surface area contributed by atoms with E-state index < -0.39 is 0 Å². The summed E-state index contributed by atoms with van der Waals surface area (Å²) in [6, 6.07) is 3.91. The molecule has 0 aliphatic heterocycles. The molecule has 3 N–H and O–H groups in total. The van der Waals surface area contributed by atoms with Crippen LogP contribution in [0.25, 0.3) is 11.4 Å². The van der Waals surface area contributed by atoms with Gasteiger partial charge in [0.1, 0.15) is 0 Å². The van der Waals surface area contributed by atoms with Crippen LogP contribution >= 0.6 is 0 Å². The second-order valence-electron chi connectivity index (χ2n) is 7.16. The largest absolute Gasteiger partial charge is 0.347 e. The van der Waals surface area contributed by atoms with Crippen LogP contribution in [0, 0.1) is 17.8 Å². The van der Waals surface area contributed by atoms with E-state index in [0.717, 1.165) is 31.2 Å². The van der Waals surface area contributed by atoms with Crippen LogP contribution in [0.5, 0.6) is 0 Å². The number of hydrogen-bond donors (Lipinski definition) is 2.